The smallest absolute Gasteiger partial charge is 0.399 e. The fourth-order valence-electron chi connectivity index (χ4n) is 2.68. The van der Waals surface area contributed by atoms with Gasteiger partial charge in [0.15, 0.2) is 0 Å². The SMILES string of the molecule is CC1(C)OB(c2ccc(-c3ccccc3)cc2[N+](=O)[O-])OC1(C)C. The average molecular weight is 325 g/mol. The largest absolute Gasteiger partial charge is 0.501 e. The number of nitrogens with zero attached hydrogens (tertiary/aromatic N) is 1. The summed E-state index contributed by atoms with van der Waals surface area (Å²) in [6.45, 7) is 7.71. The molecular formula is C18H20BNO4. The lowest BCUT2D eigenvalue weighted by molar-refractivity contribution is -0.383. The minimum Gasteiger partial charge on any atom is -0.399 e. The zero-order chi connectivity index (χ0) is 17.5. The van der Waals surface area contributed by atoms with Crippen LogP contribution in [0.4, 0.5) is 5.69 Å². The molecule has 2 aromatic rings. The molecule has 0 spiro atoms. The van der Waals surface area contributed by atoms with Gasteiger partial charge < -0.3 is 9.31 Å². The Bertz CT molecular complexity index is 758. The highest BCUT2D eigenvalue weighted by molar-refractivity contribution is 6.63. The third kappa shape index (κ3) is 2.83. The molecule has 6 heteroatoms. The fourth-order valence-corrected chi connectivity index (χ4v) is 2.68. The van der Waals surface area contributed by atoms with Crippen LogP contribution >= 0.6 is 0 Å². The van der Waals surface area contributed by atoms with Crippen LogP contribution in [0.5, 0.6) is 0 Å². The van der Waals surface area contributed by atoms with Crippen molar-refractivity contribution >= 4 is 18.3 Å². The van der Waals surface area contributed by atoms with E-state index in [2.05, 4.69) is 0 Å². The molecule has 3 rings (SSSR count). The van der Waals surface area contributed by atoms with Gasteiger partial charge in [-0.15, -0.1) is 0 Å². The molecule has 0 N–H and O–H groups in total. The molecule has 1 aliphatic heterocycles. The topological polar surface area (TPSA) is 61.6 Å². The summed E-state index contributed by atoms with van der Waals surface area (Å²) in [4.78, 5) is 11.2. The molecule has 1 saturated heterocycles. The lowest BCUT2D eigenvalue weighted by Crippen LogP contribution is -2.41. The molecule has 0 unspecified atom stereocenters. The van der Waals surface area contributed by atoms with E-state index in [-0.39, 0.29) is 10.6 Å². The Morgan fingerprint density at radius 3 is 2.04 bits per heavy atom. The van der Waals surface area contributed by atoms with Crippen LogP contribution in [-0.2, 0) is 9.31 Å². The Morgan fingerprint density at radius 1 is 0.917 bits per heavy atom. The van der Waals surface area contributed by atoms with E-state index in [4.69, 9.17) is 9.31 Å². The predicted octanol–water partition coefficient (Wildman–Crippen LogP) is 3.56. The van der Waals surface area contributed by atoms with Gasteiger partial charge >= 0.3 is 7.12 Å². The third-order valence-corrected chi connectivity index (χ3v) is 4.84. The van der Waals surface area contributed by atoms with Crippen molar-refractivity contribution in [3.8, 4) is 11.1 Å². The van der Waals surface area contributed by atoms with E-state index in [1.165, 1.54) is 0 Å². The molecule has 0 atom stereocenters. The maximum atomic E-state index is 11.6. The molecule has 0 aromatic heterocycles. The highest BCUT2D eigenvalue weighted by Crippen LogP contribution is 2.37. The Balaban J connectivity index is 2.02. The van der Waals surface area contributed by atoms with E-state index in [9.17, 15) is 10.1 Å². The molecule has 0 bridgehead atoms. The van der Waals surface area contributed by atoms with Crippen molar-refractivity contribution in [1.82, 2.24) is 0 Å². The second kappa shape index (κ2) is 5.72. The van der Waals surface area contributed by atoms with Crippen molar-refractivity contribution < 1.29 is 14.2 Å². The molecule has 1 heterocycles. The van der Waals surface area contributed by atoms with Gasteiger partial charge in [-0.25, -0.2) is 0 Å². The van der Waals surface area contributed by atoms with E-state index in [0.717, 1.165) is 11.1 Å². The fraction of sp³-hybridized carbons (Fsp3) is 0.333. The Labute approximate surface area is 141 Å². The highest BCUT2D eigenvalue weighted by Gasteiger charge is 2.53. The molecule has 124 valence electrons. The van der Waals surface area contributed by atoms with Crippen LogP contribution < -0.4 is 5.46 Å². The van der Waals surface area contributed by atoms with E-state index in [1.54, 1.807) is 12.1 Å². The summed E-state index contributed by atoms with van der Waals surface area (Å²) in [6, 6.07) is 14.7. The summed E-state index contributed by atoms with van der Waals surface area (Å²) in [5, 5.41) is 11.6. The molecule has 0 amide bonds. The summed E-state index contributed by atoms with van der Waals surface area (Å²) in [5.74, 6) is 0. The van der Waals surface area contributed by atoms with Crippen LogP contribution in [-0.4, -0.2) is 23.2 Å². The summed E-state index contributed by atoms with van der Waals surface area (Å²) >= 11 is 0. The Hall–Kier alpha value is -2.18. The van der Waals surface area contributed by atoms with E-state index in [0.29, 0.717) is 5.46 Å². The number of nitro benzene ring substituents is 1. The van der Waals surface area contributed by atoms with Gasteiger partial charge in [-0.2, -0.15) is 0 Å². The minimum atomic E-state index is -0.750. The zero-order valence-electron chi connectivity index (χ0n) is 14.3. The standard InChI is InChI=1S/C18H20BNO4/c1-17(2)18(3,4)24-19(23-17)15-11-10-14(12-16(15)20(21)22)13-8-6-5-7-9-13/h5-12H,1-4H3. The summed E-state index contributed by atoms with van der Waals surface area (Å²) in [7, 11) is -0.750. The maximum absolute atomic E-state index is 11.6. The monoisotopic (exact) mass is 325 g/mol. The van der Waals surface area contributed by atoms with Gasteiger partial charge in [0.2, 0.25) is 0 Å². The molecule has 2 aromatic carbocycles. The summed E-state index contributed by atoms with van der Waals surface area (Å²) in [6.07, 6.45) is 0. The Morgan fingerprint density at radius 2 is 1.50 bits per heavy atom. The van der Waals surface area contributed by atoms with Crippen LogP contribution in [0.15, 0.2) is 48.5 Å². The van der Waals surface area contributed by atoms with Crippen molar-refractivity contribution in [2.45, 2.75) is 38.9 Å². The van der Waals surface area contributed by atoms with Crippen molar-refractivity contribution in [1.29, 1.82) is 0 Å². The average Bonchev–Trinajstić information content (AvgIpc) is 2.75. The minimum absolute atomic E-state index is 0.00912. The van der Waals surface area contributed by atoms with E-state index in [1.807, 2.05) is 64.1 Å². The summed E-state index contributed by atoms with van der Waals surface area (Å²) < 4.78 is 11.9. The van der Waals surface area contributed by atoms with Crippen molar-refractivity contribution in [3.63, 3.8) is 0 Å². The third-order valence-electron chi connectivity index (χ3n) is 4.84. The highest BCUT2D eigenvalue weighted by atomic mass is 16.7. The number of nitro groups is 1. The van der Waals surface area contributed by atoms with Gasteiger partial charge in [-0.05, 0) is 38.8 Å². The van der Waals surface area contributed by atoms with Gasteiger partial charge in [-0.1, -0.05) is 42.5 Å². The normalized spacial score (nSPS) is 18.6. The van der Waals surface area contributed by atoms with Gasteiger partial charge in [0.05, 0.1) is 21.6 Å². The number of benzene rings is 2. The van der Waals surface area contributed by atoms with Crippen LogP contribution in [0.25, 0.3) is 11.1 Å². The van der Waals surface area contributed by atoms with Crippen LogP contribution in [0.1, 0.15) is 27.7 Å². The van der Waals surface area contributed by atoms with Crippen LogP contribution in [0.2, 0.25) is 0 Å². The van der Waals surface area contributed by atoms with Gasteiger partial charge in [-0.3, -0.25) is 10.1 Å². The maximum Gasteiger partial charge on any atom is 0.501 e. The second-order valence-corrected chi connectivity index (χ2v) is 6.98. The Kier molecular flexibility index (Phi) is 3.97. The number of hydrogen-bond acceptors (Lipinski definition) is 4. The molecular weight excluding hydrogens is 305 g/mol. The molecule has 0 radical (unpaired) electrons. The van der Waals surface area contributed by atoms with Crippen LogP contribution in [0.3, 0.4) is 0 Å². The molecule has 0 aliphatic carbocycles. The van der Waals surface area contributed by atoms with Crippen molar-refractivity contribution in [2.75, 3.05) is 0 Å². The molecule has 1 aliphatic rings. The first kappa shape index (κ1) is 16.7. The first-order chi connectivity index (χ1) is 11.2. The molecule has 0 saturated carbocycles. The van der Waals surface area contributed by atoms with E-state index < -0.39 is 18.3 Å². The lowest BCUT2D eigenvalue weighted by Gasteiger charge is -2.32. The van der Waals surface area contributed by atoms with Crippen molar-refractivity contribution in [3.05, 3.63) is 58.6 Å². The second-order valence-electron chi connectivity index (χ2n) is 6.98. The predicted molar refractivity (Wildman–Crippen MR) is 94.2 cm³/mol. The van der Waals surface area contributed by atoms with Gasteiger partial charge in [0, 0.05) is 6.07 Å². The lowest BCUT2D eigenvalue weighted by atomic mass is 9.77. The zero-order valence-corrected chi connectivity index (χ0v) is 14.3. The molecule has 1 fully saturated rings. The van der Waals surface area contributed by atoms with Crippen molar-refractivity contribution in [2.24, 2.45) is 0 Å². The van der Waals surface area contributed by atoms with Gasteiger partial charge in [0.25, 0.3) is 5.69 Å². The van der Waals surface area contributed by atoms with E-state index >= 15 is 0 Å². The quantitative estimate of drug-likeness (QED) is 0.492. The van der Waals surface area contributed by atoms with Crippen LogP contribution in [0, 0.1) is 10.1 Å². The summed E-state index contributed by atoms with van der Waals surface area (Å²) in [5.41, 5.74) is 1.10. The molecule has 5 nitrogen and oxygen atoms in total. The molecule has 24 heavy (non-hydrogen) atoms. The first-order valence-corrected chi connectivity index (χ1v) is 7.91. The van der Waals surface area contributed by atoms with Gasteiger partial charge in [0.1, 0.15) is 0 Å². The number of rotatable bonds is 3. The first-order valence-electron chi connectivity index (χ1n) is 7.91. The number of hydrogen-bond donors (Lipinski definition) is 0.